The van der Waals surface area contributed by atoms with Crippen LogP contribution in [-0.2, 0) is 16.0 Å². The number of nitrogens with two attached hydrogens (primary N) is 1. The molecule has 1 aromatic rings. The molecule has 2 rings (SSSR count). The van der Waals surface area contributed by atoms with Crippen LogP contribution in [-0.4, -0.2) is 49.7 Å². The molecule has 0 aromatic heterocycles. The van der Waals surface area contributed by atoms with Gasteiger partial charge in [-0.1, -0.05) is 19.1 Å². The minimum atomic E-state index is -0.338. The number of amides is 1. The van der Waals surface area contributed by atoms with E-state index in [0.717, 1.165) is 25.2 Å². The molecule has 1 aliphatic rings. The Labute approximate surface area is 144 Å². The summed E-state index contributed by atoms with van der Waals surface area (Å²) in [4.78, 5) is 14.3. The molecule has 1 aromatic carbocycles. The number of morpholine rings is 1. The van der Waals surface area contributed by atoms with Gasteiger partial charge in [0.1, 0.15) is 6.10 Å². The number of nitrogens with one attached hydrogen (secondary N) is 1. The van der Waals surface area contributed by atoms with Gasteiger partial charge in [0, 0.05) is 25.3 Å². The van der Waals surface area contributed by atoms with Crippen LogP contribution in [0.15, 0.2) is 24.3 Å². The Morgan fingerprint density at radius 1 is 1.36 bits per heavy atom. The molecule has 0 radical (unpaired) electrons. The van der Waals surface area contributed by atoms with Crippen molar-refractivity contribution >= 4 is 36.4 Å². The molecule has 0 saturated carbocycles. The van der Waals surface area contributed by atoms with Crippen molar-refractivity contribution in [3.8, 4) is 0 Å². The Morgan fingerprint density at radius 2 is 2.05 bits per heavy atom. The van der Waals surface area contributed by atoms with Gasteiger partial charge >= 0.3 is 0 Å². The van der Waals surface area contributed by atoms with Gasteiger partial charge in [-0.15, -0.1) is 24.8 Å². The van der Waals surface area contributed by atoms with E-state index in [1.807, 2.05) is 24.3 Å². The molecule has 7 heteroatoms. The summed E-state index contributed by atoms with van der Waals surface area (Å²) in [5, 5.41) is 2.94. The van der Waals surface area contributed by atoms with Gasteiger partial charge in [0.15, 0.2) is 0 Å². The molecule has 1 atom stereocenters. The largest absolute Gasteiger partial charge is 0.399 e. The summed E-state index contributed by atoms with van der Waals surface area (Å²) in [6.45, 7) is 5.90. The second-order valence-corrected chi connectivity index (χ2v) is 5.04. The van der Waals surface area contributed by atoms with Crippen molar-refractivity contribution in [1.29, 1.82) is 0 Å². The molecule has 1 amide bonds. The topological polar surface area (TPSA) is 67.6 Å². The van der Waals surface area contributed by atoms with Crippen molar-refractivity contribution < 1.29 is 9.53 Å². The lowest BCUT2D eigenvalue weighted by Gasteiger charge is -2.31. The number of hydrogen-bond donors (Lipinski definition) is 2. The van der Waals surface area contributed by atoms with Crippen molar-refractivity contribution in [2.45, 2.75) is 19.4 Å². The number of hydrogen-bond acceptors (Lipinski definition) is 4. The zero-order chi connectivity index (χ0) is 14.4. The van der Waals surface area contributed by atoms with Crippen molar-refractivity contribution in [2.24, 2.45) is 0 Å². The minimum absolute atomic E-state index is 0. The van der Waals surface area contributed by atoms with E-state index < -0.39 is 0 Å². The summed E-state index contributed by atoms with van der Waals surface area (Å²) < 4.78 is 5.52. The van der Waals surface area contributed by atoms with Gasteiger partial charge in [-0.3, -0.25) is 9.69 Å². The standard InChI is InChI=1S/C15H23N3O2.2ClH/c1-2-18-9-10-20-14(11-18)15(19)17-8-7-12-3-5-13(16)6-4-12;;/h3-6,14H,2,7-11,16H2,1H3,(H,17,19);2*1H. The number of nitrogen functional groups attached to an aromatic ring is 1. The van der Waals surface area contributed by atoms with Crippen LogP contribution in [0.5, 0.6) is 0 Å². The summed E-state index contributed by atoms with van der Waals surface area (Å²) in [5.41, 5.74) is 7.56. The highest BCUT2D eigenvalue weighted by Gasteiger charge is 2.25. The molecule has 1 heterocycles. The first-order valence-electron chi connectivity index (χ1n) is 7.15. The Bertz CT molecular complexity index is 443. The summed E-state index contributed by atoms with van der Waals surface area (Å²) in [6.07, 6.45) is 0.464. The molecule has 0 spiro atoms. The average Bonchev–Trinajstić information content (AvgIpc) is 2.49. The van der Waals surface area contributed by atoms with Gasteiger partial charge in [0.2, 0.25) is 5.91 Å². The lowest BCUT2D eigenvalue weighted by Crippen LogP contribution is -2.49. The van der Waals surface area contributed by atoms with Gasteiger partial charge < -0.3 is 15.8 Å². The Hall–Kier alpha value is -1.01. The number of benzene rings is 1. The lowest BCUT2D eigenvalue weighted by atomic mass is 10.1. The van der Waals surface area contributed by atoms with E-state index in [1.54, 1.807) is 0 Å². The van der Waals surface area contributed by atoms with Gasteiger partial charge in [0.05, 0.1) is 6.61 Å². The second kappa shape index (κ2) is 10.7. The molecule has 1 fully saturated rings. The van der Waals surface area contributed by atoms with E-state index in [4.69, 9.17) is 10.5 Å². The molecule has 1 saturated heterocycles. The number of ether oxygens (including phenoxy) is 1. The first-order chi connectivity index (χ1) is 9.69. The Kier molecular flexibility index (Phi) is 10.2. The predicted octanol–water partition coefficient (Wildman–Crippen LogP) is 1.49. The maximum atomic E-state index is 12.0. The molecule has 1 unspecified atom stereocenters. The van der Waals surface area contributed by atoms with Crippen LogP contribution >= 0.6 is 24.8 Å². The summed E-state index contributed by atoms with van der Waals surface area (Å²) >= 11 is 0. The number of carbonyl (C=O) groups excluding carboxylic acids is 1. The molecule has 22 heavy (non-hydrogen) atoms. The average molecular weight is 350 g/mol. The van der Waals surface area contributed by atoms with Gasteiger partial charge in [-0.05, 0) is 30.7 Å². The molecule has 1 aliphatic heterocycles. The van der Waals surface area contributed by atoms with Crippen LogP contribution in [0.25, 0.3) is 0 Å². The number of halogens is 2. The fourth-order valence-electron chi connectivity index (χ4n) is 2.28. The van der Waals surface area contributed by atoms with Gasteiger partial charge in [-0.25, -0.2) is 0 Å². The quantitative estimate of drug-likeness (QED) is 0.790. The normalized spacial score (nSPS) is 18.0. The van der Waals surface area contributed by atoms with Crippen LogP contribution in [0.1, 0.15) is 12.5 Å². The molecule has 0 bridgehead atoms. The van der Waals surface area contributed by atoms with Crippen molar-refractivity contribution in [3.05, 3.63) is 29.8 Å². The first kappa shape index (κ1) is 21.0. The third-order valence-corrected chi connectivity index (χ3v) is 3.58. The molecule has 5 nitrogen and oxygen atoms in total. The van der Waals surface area contributed by atoms with Crippen molar-refractivity contribution in [3.63, 3.8) is 0 Å². The lowest BCUT2D eigenvalue weighted by molar-refractivity contribution is -0.138. The number of carbonyl (C=O) groups is 1. The maximum Gasteiger partial charge on any atom is 0.250 e. The number of anilines is 1. The van der Waals surface area contributed by atoms with Crippen LogP contribution in [0.4, 0.5) is 5.69 Å². The summed E-state index contributed by atoms with van der Waals surface area (Å²) in [7, 11) is 0. The maximum absolute atomic E-state index is 12.0. The zero-order valence-corrected chi connectivity index (χ0v) is 14.4. The number of nitrogens with zero attached hydrogens (tertiary/aromatic N) is 1. The summed E-state index contributed by atoms with van der Waals surface area (Å²) in [5.74, 6) is -0.0152. The third-order valence-electron chi connectivity index (χ3n) is 3.58. The van der Waals surface area contributed by atoms with Crippen LogP contribution < -0.4 is 11.1 Å². The van der Waals surface area contributed by atoms with E-state index in [9.17, 15) is 4.79 Å². The summed E-state index contributed by atoms with van der Waals surface area (Å²) in [6, 6.07) is 7.72. The predicted molar refractivity (Wildman–Crippen MR) is 93.9 cm³/mol. The highest BCUT2D eigenvalue weighted by atomic mass is 35.5. The fraction of sp³-hybridized carbons (Fsp3) is 0.533. The fourth-order valence-corrected chi connectivity index (χ4v) is 2.28. The number of rotatable bonds is 5. The van der Waals surface area contributed by atoms with Crippen LogP contribution in [0.2, 0.25) is 0 Å². The van der Waals surface area contributed by atoms with Gasteiger partial charge in [-0.2, -0.15) is 0 Å². The molecule has 0 aliphatic carbocycles. The van der Waals surface area contributed by atoms with E-state index in [1.165, 1.54) is 5.56 Å². The van der Waals surface area contributed by atoms with E-state index in [-0.39, 0.29) is 36.8 Å². The van der Waals surface area contributed by atoms with Crippen molar-refractivity contribution in [2.75, 3.05) is 38.5 Å². The molecular weight excluding hydrogens is 325 g/mol. The zero-order valence-electron chi connectivity index (χ0n) is 12.8. The van der Waals surface area contributed by atoms with Crippen LogP contribution in [0.3, 0.4) is 0 Å². The highest BCUT2D eigenvalue weighted by Crippen LogP contribution is 2.07. The Balaban J connectivity index is 0.00000220. The molecular formula is C15H25Cl2N3O2. The smallest absolute Gasteiger partial charge is 0.250 e. The van der Waals surface area contributed by atoms with Gasteiger partial charge in [0.25, 0.3) is 0 Å². The Morgan fingerprint density at radius 3 is 2.68 bits per heavy atom. The minimum Gasteiger partial charge on any atom is -0.399 e. The van der Waals surface area contributed by atoms with Crippen LogP contribution in [0, 0.1) is 0 Å². The molecule has 3 N–H and O–H groups in total. The molecule has 126 valence electrons. The number of likely N-dealkylation sites (N-methyl/N-ethyl adjacent to an activating group) is 1. The first-order valence-corrected chi connectivity index (χ1v) is 7.15. The van der Waals surface area contributed by atoms with E-state index in [0.29, 0.717) is 19.7 Å². The SMILES string of the molecule is CCN1CCOC(C(=O)NCCc2ccc(N)cc2)C1.Cl.Cl. The monoisotopic (exact) mass is 349 g/mol. The highest BCUT2D eigenvalue weighted by molar-refractivity contribution is 5.85. The van der Waals surface area contributed by atoms with Crippen molar-refractivity contribution in [1.82, 2.24) is 10.2 Å². The second-order valence-electron chi connectivity index (χ2n) is 5.04. The van der Waals surface area contributed by atoms with E-state index in [2.05, 4.69) is 17.1 Å². The van der Waals surface area contributed by atoms with E-state index >= 15 is 0 Å². The third kappa shape index (κ3) is 6.40.